The molecule has 2 N–H and O–H groups in total. The van der Waals surface area contributed by atoms with Crippen molar-refractivity contribution in [2.45, 2.75) is 31.0 Å². The molecule has 1 fully saturated rings. The number of nitrogens with two attached hydrogens (primary N) is 1. The highest BCUT2D eigenvalue weighted by molar-refractivity contribution is 7.89. The highest BCUT2D eigenvalue weighted by Gasteiger charge is 2.25. The molecule has 8 nitrogen and oxygen atoms in total. The van der Waals surface area contributed by atoms with Crippen LogP contribution in [-0.2, 0) is 14.8 Å². The van der Waals surface area contributed by atoms with Gasteiger partial charge in [-0.05, 0) is 38.1 Å². The van der Waals surface area contributed by atoms with Crippen LogP contribution in [0.1, 0.15) is 13.8 Å². The number of sulfonamides is 1. The van der Waals surface area contributed by atoms with Crippen LogP contribution in [0.5, 0.6) is 0 Å². The Morgan fingerprint density at radius 2 is 1.86 bits per heavy atom. The molecule has 1 saturated heterocycles. The summed E-state index contributed by atoms with van der Waals surface area (Å²) in [6.07, 6.45) is 1.71. The second-order valence-electron chi connectivity index (χ2n) is 7.00. The predicted molar refractivity (Wildman–Crippen MR) is 106 cm³/mol. The summed E-state index contributed by atoms with van der Waals surface area (Å²) in [6, 6.07) is 10.1. The Labute approximate surface area is 163 Å². The number of hydrogen-bond acceptors (Lipinski definition) is 7. The zero-order valence-corrected chi connectivity index (χ0v) is 16.4. The average Bonchev–Trinajstić information content (AvgIpc) is 2.66. The van der Waals surface area contributed by atoms with Crippen molar-refractivity contribution in [2.24, 2.45) is 5.14 Å². The van der Waals surface area contributed by atoms with Gasteiger partial charge in [0.25, 0.3) is 0 Å². The molecule has 0 amide bonds. The van der Waals surface area contributed by atoms with Crippen molar-refractivity contribution in [3.8, 4) is 11.3 Å². The summed E-state index contributed by atoms with van der Waals surface area (Å²) >= 11 is 0. The minimum absolute atomic E-state index is 0.0484. The van der Waals surface area contributed by atoms with E-state index in [1.54, 1.807) is 12.1 Å². The van der Waals surface area contributed by atoms with Crippen molar-refractivity contribution in [1.82, 2.24) is 15.0 Å². The zero-order chi connectivity index (χ0) is 19.9. The van der Waals surface area contributed by atoms with Crippen LogP contribution in [0.3, 0.4) is 0 Å². The summed E-state index contributed by atoms with van der Waals surface area (Å²) in [5.74, 6) is 0.747. The number of anilines is 1. The monoisotopic (exact) mass is 399 g/mol. The zero-order valence-electron chi connectivity index (χ0n) is 15.6. The van der Waals surface area contributed by atoms with Gasteiger partial charge in [0.2, 0.25) is 10.0 Å². The number of fused-ring (bicyclic) bond motifs is 1. The van der Waals surface area contributed by atoms with E-state index in [-0.39, 0.29) is 17.1 Å². The molecule has 0 bridgehead atoms. The van der Waals surface area contributed by atoms with E-state index in [9.17, 15) is 8.42 Å². The summed E-state index contributed by atoms with van der Waals surface area (Å²) < 4.78 is 29.2. The number of hydrogen-bond donors (Lipinski definition) is 1. The first-order valence-corrected chi connectivity index (χ1v) is 10.5. The molecule has 1 aliphatic heterocycles. The van der Waals surface area contributed by atoms with Crippen molar-refractivity contribution >= 4 is 26.9 Å². The molecule has 3 heterocycles. The highest BCUT2D eigenvalue weighted by atomic mass is 32.2. The van der Waals surface area contributed by atoms with Gasteiger partial charge in [-0.15, -0.1) is 0 Å². The third kappa shape index (κ3) is 3.68. The SMILES string of the molecule is C[C@@H]1CN(c2ncnc3ccc(-c4cccc(S(N)(=O)=O)c4)nc23)C[C@H](C)O1. The van der Waals surface area contributed by atoms with E-state index in [0.717, 1.165) is 11.3 Å². The van der Waals surface area contributed by atoms with E-state index >= 15 is 0 Å². The molecule has 28 heavy (non-hydrogen) atoms. The minimum Gasteiger partial charge on any atom is -0.372 e. The van der Waals surface area contributed by atoms with Crippen LogP contribution >= 0.6 is 0 Å². The molecule has 4 rings (SSSR count). The lowest BCUT2D eigenvalue weighted by Gasteiger charge is -2.36. The summed E-state index contributed by atoms with van der Waals surface area (Å²) in [7, 11) is -3.79. The van der Waals surface area contributed by atoms with Gasteiger partial charge in [0.15, 0.2) is 5.82 Å². The topological polar surface area (TPSA) is 111 Å². The van der Waals surface area contributed by atoms with E-state index in [0.29, 0.717) is 29.9 Å². The van der Waals surface area contributed by atoms with Gasteiger partial charge in [-0.25, -0.2) is 28.5 Å². The van der Waals surface area contributed by atoms with Crippen molar-refractivity contribution in [3.63, 3.8) is 0 Å². The average molecular weight is 399 g/mol. The second-order valence-corrected chi connectivity index (χ2v) is 8.56. The van der Waals surface area contributed by atoms with Gasteiger partial charge >= 0.3 is 0 Å². The number of pyridine rings is 1. The van der Waals surface area contributed by atoms with Crippen LogP contribution in [0.15, 0.2) is 47.6 Å². The van der Waals surface area contributed by atoms with Gasteiger partial charge in [-0.3, -0.25) is 0 Å². The number of aromatic nitrogens is 3. The summed E-state index contributed by atoms with van der Waals surface area (Å²) in [4.78, 5) is 15.7. The van der Waals surface area contributed by atoms with Gasteiger partial charge in [0.05, 0.1) is 28.3 Å². The fourth-order valence-corrected chi connectivity index (χ4v) is 4.06. The summed E-state index contributed by atoms with van der Waals surface area (Å²) in [5, 5.41) is 5.26. The lowest BCUT2D eigenvalue weighted by molar-refractivity contribution is -0.00538. The smallest absolute Gasteiger partial charge is 0.238 e. The van der Waals surface area contributed by atoms with E-state index in [2.05, 4.69) is 14.9 Å². The fourth-order valence-electron chi connectivity index (χ4n) is 3.50. The van der Waals surface area contributed by atoms with Crippen LogP contribution in [0.4, 0.5) is 5.82 Å². The standard InChI is InChI=1S/C19H21N5O3S/c1-12-9-24(10-13(2)27-12)19-18-17(21-11-22-19)7-6-16(23-18)14-4-3-5-15(8-14)28(20,25)26/h3-8,11-13H,9-10H2,1-2H3,(H2,20,25,26)/t12-,13+. The van der Waals surface area contributed by atoms with E-state index in [1.807, 2.05) is 26.0 Å². The highest BCUT2D eigenvalue weighted by Crippen LogP contribution is 2.28. The quantitative estimate of drug-likeness (QED) is 0.716. The third-order valence-corrected chi connectivity index (χ3v) is 5.55. The Morgan fingerprint density at radius 1 is 1.11 bits per heavy atom. The van der Waals surface area contributed by atoms with Crippen LogP contribution in [0.2, 0.25) is 0 Å². The molecule has 0 spiro atoms. The van der Waals surface area contributed by atoms with Crippen LogP contribution < -0.4 is 10.0 Å². The largest absolute Gasteiger partial charge is 0.372 e. The number of morpholine rings is 1. The maximum atomic E-state index is 11.7. The fraction of sp³-hybridized carbons (Fsp3) is 0.316. The normalized spacial score (nSPS) is 20.5. The van der Waals surface area contributed by atoms with Gasteiger partial charge in [0, 0.05) is 18.7 Å². The molecule has 3 aromatic rings. The van der Waals surface area contributed by atoms with Crippen molar-refractivity contribution in [1.29, 1.82) is 0 Å². The molecule has 0 radical (unpaired) electrons. The number of primary sulfonamides is 1. The van der Waals surface area contributed by atoms with Gasteiger partial charge in [-0.1, -0.05) is 12.1 Å². The molecule has 146 valence electrons. The molecule has 9 heteroatoms. The lowest BCUT2D eigenvalue weighted by atomic mass is 10.1. The molecule has 2 aromatic heterocycles. The van der Waals surface area contributed by atoms with Crippen molar-refractivity contribution in [3.05, 3.63) is 42.7 Å². The Kier molecular flexibility index (Phi) is 4.74. The molecule has 1 aromatic carbocycles. The van der Waals surface area contributed by atoms with E-state index < -0.39 is 10.0 Å². The number of nitrogens with zero attached hydrogens (tertiary/aromatic N) is 4. The van der Waals surface area contributed by atoms with E-state index in [4.69, 9.17) is 14.9 Å². The van der Waals surface area contributed by atoms with Crippen LogP contribution in [0.25, 0.3) is 22.3 Å². The molecule has 0 unspecified atom stereocenters. The number of ether oxygens (including phenoxy) is 1. The summed E-state index contributed by atoms with van der Waals surface area (Å²) in [5.41, 5.74) is 2.68. The lowest BCUT2D eigenvalue weighted by Crippen LogP contribution is -2.46. The first-order valence-electron chi connectivity index (χ1n) is 8.96. The number of benzene rings is 1. The first-order chi connectivity index (χ1) is 13.3. The second kappa shape index (κ2) is 7.08. The van der Waals surface area contributed by atoms with Crippen molar-refractivity contribution < 1.29 is 13.2 Å². The maximum absolute atomic E-state index is 11.7. The maximum Gasteiger partial charge on any atom is 0.238 e. The van der Waals surface area contributed by atoms with Crippen molar-refractivity contribution in [2.75, 3.05) is 18.0 Å². The van der Waals surface area contributed by atoms with Gasteiger partial charge in [0.1, 0.15) is 11.8 Å². The Balaban J connectivity index is 1.81. The first kappa shape index (κ1) is 18.7. The third-order valence-electron chi connectivity index (χ3n) is 4.64. The molecular formula is C19H21N5O3S. The predicted octanol–water partition coefficient (Wildman–Crippen LogP) is 1.95. The summed E-state index contributed by atoms with van der Waals surface area (Å²) in [6.45, 7) is 5.49. The van der Waals surface area contributed by atoms with E-state index in [1.165, 1.54) is 18.5 Å². The molecule has 2 atom stereocenters. The Morgan fingerprint density at radius 3 is 2.57 bits per heavy atom. The Hall–Kier alpha value is -2.62. The van der Waals surface area contributed by atoms with Crippen LogP contribution in [0, 0.1) is 0 Å². The minimum atomic E-state index is -3.79. The van der Waals surface area contributed by atoms with Gasteiger partial charge < -0.3 is 9.64 Å². The molecule has 0 aliphatic carbocycles. The molecule has 0 saturated carbocycles. The molecular weight excluding hydrogens is 378 g/mol. The Bertz CT molecular complexity index is 1130. The van der Waals surface area contributed by atoms with Crippen LogP contribution in [-0.4, -0.2) is 48.7 Å². The molecule has 1 aliphatic rings. The number of rotatable bonds is 3. The van der Waals surface area contributed by atoms with Gasteiger partial charge in [-0.2, -0.15) is 0 Å².